The molecule has 0 aliphatic rings. The average molecular weight is 365 g/mol. The summed E-state index contributed by atoms with van der Waals surface area (Å²) in [6.45, 7) is 3.97. The van der Waals surface area contributed by atoms with Gasteiger partial charge in [-0.05, 0) is 49.6 Å². The molecular formula is C22H23NO4. The first-order chi connectivity index (χ1) is 13.0. The zero-order chi connectivity index (χ0) is 19.2. The Balaban J connectivity index is 1.69. The van der Waals surface area contributed by atoms with Crippen LogP contribution in [0.15, 0.2) is 57.7 Å². The number of unbranched alkanes of at least 4 members (excludes halogenated alkanes) is 1. The van der Waals surface area contributed by atoms with E-state index in [1.165, 1.54) is 0 Å². The van der Waals surface area contributed by atoms with Crippen molar-refractivity contribution in [3.63, 3.8) is 0 Å². The maximum atomic E-state index is 12.1. The highest BCUT2D eigenvalue weighted by Gasteiger charge is 2.09. The third-order valence-electron chi connectivity index (χ3n) is 4.31. The van der Waals surface area contributed by atoms with Gasteiger partial charge in [0.25, 0.3) is 5.91 Å². The number of carbonyl (C=O) groups is 1. The molecule has 1 heterocycles. The fourth-order valence-corrected chi connectivity index (χ4v) is 2.86. The van der Waals surface area contributed by atoms with Crippen LogP contribution in [-0.4, -0.2) is 12.5 Å². The van der Waals surface area contributed by atoms with Crippen LogP contribution in [0, 0.1) is 6.92 Å². The van der Waals surface area contributed by atoms with Crippen molar-refractivity contribution in [1.29, 1.82) is 0 Å². The number of rotatable bonds is 7. The second kappa shape index (κ2) is 8.54. The smallest absolute Gasteiger partial charge is 0.336 e. The number of hydrogen-bond acceptors (Lipinski definition) is 4. The van der Waals surface area contributed by atoms with E-state index in [-0.39, 0.29) is 18.1 Å². The van der Waals surface area contributed by atoms with Crippen molar-refractivity contribution in [2.75, 3.05) is 11.9 Å². The predicted octanol–water partition coefficient (Wildman–Crippen LogP) is 4.46. The standard InChI is InChI=1S/C22H23NO4/c1-3-4-5-16-12-22(25)27-20-13-18(10-11-19(16)20)26-14-21(24)23-17-8-6-15(2)7-9-17/h6-13H,3-5,14H2,1-2H3,(H,23,24). The molecule has 0 spiro atoms. The topological polar surface area (TPSA) is 68.5 Å². The van der Waals surface area contributed by atoms with Crippen LogP contribution in [0.3, 0.4) is 0 Å². The van der Waals surface area contributed by atoms with Gasteiger partial charge in [0.1, 0.15) is 11.3 Å². The first-order valence-corrected chi connectivity index (χ1v) is 9.11. The third kappa shape index (κ3) is 4.97. The predicted molar refractivity (Wildman–Crippen MR) is 106 cm³/mol. The van der Waals surface area contributed by atoms with Crippen LogP contribution in [0.5, 0.6) is 5.75 Å². The molecule has 0 fully saturated rings. The highest BCUT2D eigenvalue weighted by molar-refractivity contribution is 5.92. The quantitative estimate of drug-likeness (QED) is 0.628. The Morgan fingerprint density at radius 2 is 1.89 bits per heavy atom. The monoisotopic (exact) mass is 365 g/mol. The molecule has 2 aromatic carbocycles. The van der Waals surface area contributed by atoms with Gasteiger partial charge < -0.3 is 14.5 Å². The SMILES string of the molecule is CCCCc1cc(=O)oc2cc(OCC(=O)Nc3ccc(C)cc3)ccc12. The maximum Gasteiger partial charge on any atom is 0.336 e. The van der Waals surface area contributed by atoms with Gasteiger partial charge in [0.15, 0.2) is 6.61 Å². The van der Waals surface area contributed by atoms with Gasteiger partial charge >= 0.3 is 5.63 Å². The second-order valence-electron chi connectivity index (χ2n) is 6.56. The van der Waals surface area contributed by atoms with E-state index < -0.39 is 0 Å². The van der Waals surface area contributed by atoms with Crippen molar-refractivity contribution in [1.82, 2.24) is 0 Å². The number of aryl methyl sites for hydroxylation is 2. The first-order valence-electron chi connectivity index (χ1n) is 9.11. The van der Waals surface area contributed by atoms with Gasteiger partial charge in [0.2, 0.25) is 0 Å². The Morgan fingerprint density at radius 3 is 2.63 bits per heavy atom. The summed E-state index contributed by atoms with van der Waals surface area (Å²) in [6, 6.07) is 14.4. The summed E-state index contributed by atoms with van der Waals surface area (Å²) in [5, 5.41) is 3.68. The van der Waals surface area contributed by atoms with E-state index in [1.807, 2.05) is 37.3 Å². The van der Waals surface area contributed by atoms with Crippen molar-refractivity contribution in [2.24, 2.45) is 0 Å². The minimum atomic E-state index is -0.372. The molecule has 0 radical (unpaired) electrons. The van der Waals surface area contributed by atoms with Crippen molar-refractivity contribution < 1.29 is 13.9 Å². The summed E-state index contributed by atoms with van der Waals surface area (Å²) in [7, 11) is 0. The Kier molecular flexibility index (Phi) is 5.91. The van der Waals surface area contributed by atoms with E-state index in [1.54, 1.807) is 18.2 Å². The first kappa shape index (κ1) is 18.7. The van der Waals surface area contributed by atoms with E-state index in [4.69, 9.17) is 9.15 Å². The summed E-state index contributed by atoms with van der Waals surface area (Å²) in [5.41, 5.74) is 2.93. The molecule has 1 amide bonds. The van der Waals surface area contributed by atoms with Crippen LogP contribution >= 0.6 is 0 Å². The number of benzene rings is 2. The van der Waals surface area contributed by atoms with Gasteiger partial charge in [0, 0.05) is 23.2 Å². The Morgan fingerprint density at radius 1 is 1.11 bits per heavy atom. The minimum absolute atomic E-state index is 0.126. The maximum absolute atomic E-state index is 12.1. The van der Waals surface area contributed by atoms with Crippen molar-refractivity contribution in [2.45, 2.75) is 33.1 Å². The summed E-state index contributed by atoms with van der Waals surface area (Å²) in [5.74, 6) is 0.231. The van der Waals surface area contributed by atoms with E-state index in [9.17, 15) is 9.59 Å². The molecule has 5 heteroatoms. The van der Waals surface area contributed by atoms with Gasteiger partial charge in [0.05, 0.1) is 0 Å². The molecule has 0 aliphatic heterocycles. The van der Waals surface area contributed by atoms with E-state index in [2.05, 4.69) is 12.2 Å². The largest absolute Gasteiger partial charge is 0.484 e. The lowest BCUT2D eigenvalue weighted by molar-refractivity contribution is -0.118. The summed E-state index contributed by atoms with van der Waals surface area (Å²) in [6.07, 6.45) is 2.90. The lowest BCUT2D eigenvalue weighted by Gasteiger charge is -2.09. The van der Waals surface area contributed by atoms with E-state index in [0.717, 1.165) is 41.5 Å². The summed E-state index contributed by atoms with van der Waals surface area (Å²) >= 11 is 0. The molecule has 0 saturated heterocycles. The molecule has 140 valence electrons. The van der Waals surface area contributed by atoms with Gasteiger partial charge in [-0.1, -0.05) is 31.0 Å². The van der Waals surface area contributed by atoms with Gasteiger partial charge in [-0.25, -0.2) is 4.79 Å². The van der Waals surface area contributed by atoms with Gasteiger partial charge in [-0.15, -0.1) is 0 Å². The molecule has 1 N–H and O–H groups in total. The van der Waals surface area contributed by atoms with E-state index >= 15 is 0 Å². The molecule has 0 atom stereocenters. The van der Waals surface area contributed by atoms with Crippen molar-refractivity contribution in [3.05, 3.63) is 70.1 Å². The highest BCUT2D eigenvalue weighted by atomic mass is 16.5. The molecule has 0 aliphatic carbocycles. The average Bonchev–Trinajstić information content (AvgIpc) is 2.66. The van der Waals surface area contributed by atoms with Crippen LogP contribution in [0.25, 0.3) is 11.0 Å². The van der Waals surface area contributed by atoms with Crippen LogP contribution in [-0.2, 0) is 11.2 Å². The Bertz CT molecular complexity index is 989. The minimum Gasteiger partial charge on any atom is -0.484 e. The summed E-state index contributed by atoms with van der Waals surface area (Å²) < 4.78 is 10.9. The molecule has 3 aromatic rings. The number of amides is 1. The third-order valence-corrected chi connectivity index (χ3v) is 4.31. The fourth-order valence-electron chi connectivity index (χ4n) is 2.86. The molecule has 0 saturated carbocycles. The number of fused-ring (bicyclic) bond motifs is 1. The number of nitrogens with one attached hydrogen (secondary N) is 1. The van der Waals surface area contributed by atoms with Crippen LogP contribution < -0.4 is 15.7 Å². The van der Waals surface area contributed by atoms with Crippen LogP contribution in [0.2, 0.25) is 0 Å². The molecular weight excluding hydrogens is 342 g/mol. The summed E-state index contributed by atoms with van der Waals surface area (Å²) in [4.78, 5) is 23.9. The number of ether oxygens (including phenoxy) is 1. The number of hydrogen-bond donors (Lipinski definition) is 1. The molecule has 5 nitrogen and oxygen atoms in total. The number of carbonyl (C=O) groups excluding carboxylic acids is 1. The van der Waals surface area contributed by atoms with Crippen molar-refractivity contribution in [3.8, 4) is 5.75 Å². The second-order valence-corrected chi connectivity index (χ2v) is 6.56. The Labute approximate surface area is 158 Å². The molecule has 1 aromatic heterocycles. The van der Waals surface area contributed by atoms with Crippen LogP contribution in [0.4, 0.5) is 5.69 Å². The van der Waals surface area contributed by atoms with Crippen LogP contribution in [0.1, 0.15) is 30.9 Å². The van der Waals surface area contributed by atoms with E-state index in [0.29, 0.717) is 11.3 Å². The Hall–Kier alpha value is -3.08. The van der Waals surface area contributed by atoms with Gasteiger partial charge in [-0.3, -0.25) is 4.79 Å². The zero-order valence-corrected chi connectivity index (χ0v) is 15.6. The fraction of sp³-hybridized carbons (Fsp3) is 0.273. The molecule has 0 bridgehead atoms. The molecule has 27 heavy (non-hydrogen) atoms. The normalized spacial score (nSPS) is 10.7. The van der Waals surface area contributed by atoms with Gasteiger partial charge in [-0.2, -0.15) is 0 Å². The lowest BCUT2D eigenvalue weighted by Crippen LogP contribution is -2.20. The lowest BCUT2D eigenvalue weighted by atomic mass is 10.0. The van der Waals surface area contributed by atoms with Crippen molar-refractivity contribution >= 4 is 22.6 Å². The highest BCUT2D eigenvalue weighted by Crippen LogP contribution is 2.24. The molecule has 3 rings (SSSR count). The molecule has 0 unspecified atom stereocenters. The zero-order valence-electron chi connectivity index (χ0n) is 15.6. The number of anilines is 1.